The van der Waals surface area contributed by atoms with Gasteiger partial charge in [-0.2, -0.15) is 0 Å². The van der Waals surface area contributed by atoms with Gasteiger partial charge < -0.3 is 9.52 Å². The molecule has 100 valence electrons. The summed E-state index contributed by atoms with van der Waals surface area (Å²) in [7, 11) is 0. The highest BCUT2D eigenvalue weighted by atomic mass is 16.4. The van der Waals surface area contributed by atoms with Gasteiger partial charge in [0.2, 0.25) is 11.8 Å². The summed E-state index contributed by atoms with van der Waals surface area (Å²) < 4.78 is 5.49. The number of aromatic nitrogens is 2. The Bertz CT molecular complexity index is 563. The molecule has 0 amide bonds. The van der Waals surface area contributed by atoms with E-state index in [9.17, 15) is 4.79 Å². The van der Waals surface area contributed by atoms with Gasteiger partial charge in [-0.05, 0) is 18.9 Å². The van der Waals surface area contributed by atoms with E-state index >= 15 is 0 Å². The summed E-state index contributed by atoms with van der Waals surface area (Å²) in [6, 6.07) is 8.12. The number of hydrogen-bond acceptors (Lipinski definition) is 4. The number of carboxylic acids is 1. The van der Waals surface area contributed by atoms with E-state index in [0.717, 1.165) is 5.56 Å². The van der Waals surface area contributed by atoms with Crippen LogP contribution in [-0.4, -0.2) is 21.3 Å². The zero-order chi connectivity index (χ0) is 13.7. The van der Waals surface area contributed by atoms with Crippen molar-refractivity contribution in [1.82, 2.24) is 10.2 Å². The standard InChI is InChI=1S/C14H16N2O3/c1-10-4-2-5-11(8-10)9-13-16-15-12(19-13)6-3-7-14(17)18/h2,4-5,8H,3,6-7,9H2,1H3,(H,17,18). The monoisotopic (exact) mass is 260 g/mol. The molecule has 5 nitrogen and oxygen atoms in total. The Morgan fingerprint density at radius 2 is 2.11 bits per heavy atom. The molecule has 1 aromatic carbocycles. The number of aliphatic carboxylic acids is 1. The molecule has 2 rings (SSSR count). The zero-order valence-corrected chi connectivity index (χ0v) is 10.8. The Morgan fingerprint density at radius 1 is 1.32 bits per heavy atom. The van der Waals surface area contributed by atoms with Crippen LogP contribution in [-0.2, 0) is 17.6 Å². The maximum absolute atomic E-state index is 10.4. The van der Waals surface area contributed by atoms with E-state index < -0.39 is 5.97 Å². The summed E-state index contributed by atoms with van der Waals surface area (Å²) in [5.41, 5.74) is 2.32. The van der Waals surface area contributed by atoms with Crippen LogP contribution in [0.5, 0.6) is 0 Å². The van der Waals surface area contributed by atoms with E-state index in [0.29, 0.717) is 31.0 Å². The Morgan fingerprint density at radius 3 is 2.84 bits per heavy atom. The van der Waals surface area contributed by atoms with Crippen molar-refractivity contribution in [1.29, 1.82) is 0 Å². The zero-order valence-electron chi connectivity index (χ0n) is 10.8. The van der Waals surface area contributed by atoms with E-state index in [2.05, 4.69) is 16.3 Å². The van der Waals surface area contributed by atoms with Crippen LogP contribution in [0.25, 0.3) is 0 Å². The molecule has 1 N–H and O–H groups in total. The molecule has 19 heavy (non-hydrogen) atoms. The predicted octanol–water partition coefficient (Wildman–Crippen LogP) is 2.38. The van der Waals surface area contributed by atoms with E-state index in [-0.39, 0.29) is 6.42 Å². The van der Waals surface area contributed by atoms with E-state index in [1.54, 1.807) is 0 Å². The molecule has 0 saturated heterocycles. The van der Waals surface area contributed by atoms with Crippen molar-refractivity contribution in [3.05, 3.63) is 47.2 Å². The van der Waals surface area contributed by atoms with Gasteiger partial charge in [-0.3, -0.25) is 4.79 Å². The van der Waals surface area contributed by atoms with Crippen molar-refractivity contribution in [2.75, 3.05) is 0 Å². The first kappa shape index (κ1) is 13.3. The molecule has 0 spiro atoms. The summed E-state index contributed by atoms with van der Waals surface area (Å²) >= 11 is 0. The fraction of sp³-hybridized carbons (Fsp3) is 0.357. The third-order valence-corrected chi connectivity index (χ3v) is 2.73. The minimum absolute atomic E-state index is 0.121. The Hall–Kier alpha value is -2.17. The molecule has 0 atom stereocenters. The van der Waals surface area contributed by atoms with E-state index in [1.165, 1.54) is 5.56 Å². The number of rotatable bonds is 6. The molecule has 1 heterocycles. The first-order valence-electron chi connectivity index (χ1n) is 6.22. The number of benzene rings is 1. The molecule has 5 heteroatoms. The lowest BCUT2D eigenvalue weighted by molar-refractivity contribution is -0.137. The van der Waals surface area contributed by atoms with Gasteiger partial charge in [-0.1, -0.05) is 29.8 Å². The van der Waals surface area contributed by atoms with Gasteiger partial charge >= 0.3 is 5.97 Å². The van der Waals surface area contributed by atoms with Crippen LogP contribution in [0, 0.1) is 6.92 Å². The van der Waals surface area contributed by atoms with Crippen molar-refractivity contribution in [2.24, 2.45) is 0 Å². The van der Waals surface area contributed by atoms with Gasteiger partial charge in [0.05, 0.1) is 6.42 Å². The second-order valence-electron chi connectivity index (χ2n) is 4.50. The summed E-state index contributed by atoms with van der Waals surface area (Å²) in [5.74, 6) is 0.263. The lowest BCUT2D eigenvalue weighted by Gasteiger charge is -1.98. The maximum atomic E-state index is 10.4. The van der Waals surface area contributed by atoms with Gasteiger partial charge in [0, 0.05) is 12.8 Å². The Kier molecular flexibility index (Phi) is 4.28. The third-order valence-electron chi connectivity index (χ3n) is 2.73. The van der Waals surface area contributed by atoms with Crippen LogP contribution in [0.15, 0.2) is 28.7 Å². The van der Waals surface area contributed by atoms with Crippen LogP contribution in [0.2, 0.25) is 0 Å². The topological polar surface area (TPSA) is 76.2 Å². The second-order valence-corrected chi connectivity index (χ2v) is 4.50. The molecule has 0 bridgehead atoms. The van der Waals surface area contributed by atoms with Crippen LogP contribution in [0.4, 0.5) is 0 Å². The number of aryl methyl sites for hydroxylation is 2. The third kappa shape index (κ3) is 4.21. The smallest absolute Gasteiger partial charge is 0.303 e. The highest BCUT2D eigenvalue weighted by Crippen LogP contribution is 2.11. The molecule has 1 aromatic heterocycles. The van der Waals surface area contributed by atoms with Crippen molar-refractivity contribution in [3.63, 3.8) is 0 Å². The molecule has 0 aliphatic heterocycles. The fourth-order valence-electron chi connectivity index (χ4n) is 1.85. The number of carbonyl (C=O) groups is 1. The van der Waals surface area contributed by atoms with Crippen molar-refractivity contribution in [3.8, 4) is 0 Å². The van der Waals surface area contributed by atoms with Gasteiger partial charge in [0.25, 0.3) is 0 Å². The summed E-state index contributed by atoms with van der Waals surface area (Å²) in [4.78, 5) is 10.4. The minimum Gasteiger partial charge on any atom is -0.481 e. The van der Waals surface area contributed by atoms with Crippen LogP contribution >= 0.6 is 0 Å². The van der Waals surface area contributed by atoms with E-state index in [1.807, 2.05) is 25.1 Å². The predicted molar refractivity (Wildman–Crippen MR) is 68.9 cm³/mol. The molecular weight excluding hydrogens is 244 g/mol. The van der Waals surface area contributed by atoms with Gasteiger partial charge in [-0.25, -0.2) is 0 Å². The second kappa shape index (κ2) is 6.13. The number of nitrogens with zero attached hydrogens (tertiary/aromatic N) is 2. The van der Waals surface area contributed by atoms with Gasteiger partial charge in [0.1, 0.15) is 0 Å². The summed E-state index contributed by atoms with van der Waals surface area (Å²) in [5, 5.41) is 16.4. The lowest BCUT2D eigenvalue weighted by atomic mass is 10.1. The minimum atomic E-state index is -0.806. The highest BCUT2D eigenvalue weighted by Gasteiger charge is 2.08. The summed E-state index contributed by atoms with van der Waals surface area (Å²) in [6.45, 7) is 2.04. The molecular formula is C14H16N2O3. The van der Waals surface area contributed by atoms with Crippen molar-refractivity contribution in [2.45, 2.75) is 32.6 Å². The molecule has 0 radical (unpaired) electrons. The maximum Gasteiger partial charge on any atom is 0.303 e. The SMILES string of the molecule is Cc1cccc(Cc2nnc(CCCC(=O)O)o2)c1. The first-order chi connectivity index (χ1) is 9.13. The highest BCUT2D eigenvalue weighted by molar-refractivity contribution is 5.66. The average molecular weight is 260 g/mol. The van der Waals surface area contributed by atoms with E-state index in [4.69, 9.17) is 9.52 Å². The summed E-state index contributed by atoms with van der Waals surface area (Å²) in [6.07, 6.45) is 1.75. The molecule has 2 aromatic rings. The largest absolute Gasteiger partial charge is 0.481 e. The van der Waals surface area contributed by atoms with Gasteiger partial charge in [-0.15, -0.1) is 10.2 Å². The van der Waals surface area contributed by atoms with Crippen LogP contribution in [0.1, 0.15) is 35.7 Å². The number of carboxylic acid groups (broad SMARTS) is 1. The normalized spacial score (nSPS) is 10.6. The molecule has 0 fully saturated rings. The Balaban J connectivity index is 1.92. The quantitative estimate of drug-likeness (QED) is 0.862. The lowest BCUT2D eigenvalue weighted by Crippen LogP contribution is -1.95. The van der Waals surface area contributed by atoms with Gasteiger partial charge in [0.15, 0.2) is 0 Å². The van der Waals surface area contributed by atoms with Crippen molar-refractivity contribution < 1.29 is 14.3 Å². The van der Waals surface area contributed by atoms with Crippen LogP contribution in [0.3, 0.4) is 0 Å². The molecule has 0 saturated carbocycles. The van der Waals surface area contributed by atoms with Crippen LogP contribution < -0.4 is 0 Å². The number of hydrogen-bond donors (Lipinski definition) is 1. The molecule has 0 unspecified atom stereocenters. The Labute approximate surface area is 111 Å². The van der Waals surface area contributed by atoms with Crippen molar-refractivity contribution >= 4 is 5.97 Å². The average Bonchev–Trinajstić information content (AvgIpc) is 2.76. The fourth-order valence-corrected chi connectivity index (χ4v) is 1.85. The molecule has 0 aliphatic carbocycles. The molecule has 0 aliphatic rings. The first-order valence-corrected chi connectivity index (χ1v) is 6.22.